The lowest BCUT2D eigenvalue weighted by molar-refractivity contribution is 0.623. The molecule has 0 aromatic carbocycles. The Hall–Kier alpha value is -1.16. The largest absolute Gasteiger partial charge is 0.384 e. The van der Waals surface area contributed by atoms with Crippen LogP contribution in [0.5, 0.6) is 0 Å². The predicted octanol–water partition coefficient (Wildman–Crippen LogP) is 0.304. The number of nitrogens with zero attached hydrogens (tertiary/aromatic N) is 1. The van der Waals surface area contributed by atoms with Gasteiger partial charge in [-0.15, -0.1) is 0 Å². The highest BCUT2D eigenvalue weighted by molar-refractivity contribution is 5.29. The highest BCUT2D eigenvalue weighted by Crippen LogP contribution is 2.05. The summed E-state index contributed by atoms with van der Waals surface area (Å²) in [5.74, 6) is -0.158. The second-order valence-corrected chi connectivity index (χ2v) is 2.24. The van der Waals surface area contributed by atoms with Crippen LogP contribution in [0.25, 0.3) is 0 Å². The third-order valence-corrected chi connectivity index (χ3v) is 1.26. The molecule has 11 heavy (non-hydrogen) atoms. The van der Waals surface area contributed by atoms with Gasteiger partial charge in [-0.1, -0.05) is 0 Å². The van der Waals surface area contributed by atoms with Crippen molar-refractivity contribution in [2.45, 2.75) is 6.42 Å². The maximum atomic E-state index is 12.6. The van der Waals surface area contributed by atoms with Crippen molar-refractivity contribution in [1.82, 2.24) is 4.98 Å². The summed E-state index contributed by atoms with van der Waals surface area (Å²) in [6, 6.07) is 2.52. The van der Waals surface area contributed by atoms with Gasteiger partial charge in [-0.2, -0.15) is 0 Å². The van der Waals surface area contributed by atoms with E-state index in [1.165, 1.54) is 12.1 Å². The number of hydrogen-bond donors (Lipinski definition) is 2. The van der Waals surface area contributed by atoms with Crippen molar-refractivity contribution in [3.63, 3.8) is 0 Å². The van der Waals surface area contributed by atoms with Crippen molar-refractivity contribution < 1.29 is 4.39 Å². The maximum Gasteiger partial charge on any atom is 0.128 e. The average Bonchev–Trinajstić information content (AvgIpc) is 1.85. The molecule has 1 aromatic heterocycles. The van der Waals surface area contributed by atoms with Crippen LogP contribution in [-0.2, 0) is 6.42 Å². The number of pyridine rings is 1. The van der Waals surface area contributed by atoms with Gasteiger partial charge in [0.05, 0.1) is 0 Å². The Morgan fingerprint density at radius 3 is 2.73 bits per heavy atom. The summed E-state index contributed by atoms with van der Waals surface area (Å²) >= 11 is 0. The lowest BCUT2D eigenvalue weighted by Gasteiger charge is -1.98. The van der Waals surface area contributed by atoms with E-state index in [-0.39, 0.29) is 11.6 Å². The molecule has 0 unspecified atom stereocenters. The molecule has 0 aliphatic rings. The molecule has 0 spiro atoms. The van der Waals surface area contributed by atoms with Gasteiger partial charge in [0, 0.05) is 18.2 Å². The molecule has 0 aliphatic carbocycles. The van der Waals surface area contributed by atoms with Crippen LogP contribution in [0.2, 0.25) is 0 Å². The summed E-state index contributed by atoms with van der Waals surface area (Å²) in [7, 11) is 0. The first-order chi connectivity index (χ1) is 5.22. The quantitative estimate of drug-likeness (QED) is 0.645. The number of anilines is 1. The van der Waals surface area contributed by atoms with Gasteiger partial charge >= 0.3 is 0 Å². The van der Waals surface area contributed by atoms with Crippen LogP contribution in [0.15, 0.2) is 12.1 Å². The Kier molecular flexibility index (Phi) is 2.38. The first kappa shape index (κ1) is 7.94. The van der Waals surface area contributed by atoms with Crippen molar-refractivity contribution in [3.8, 4) is 0 Å². The molecular weight excluding hydrogens is 145 g/mol. The molecule has 0 bridgehead atoms. The molecule has 4 heteroatoms. The SMILES string of the molecule is NCCc1cc(F)cc(N)n1. The third-order valence-electron chi connectivity index (χ3n) is 1.26. The zero-order valence-electron chi connectivity index (χ0n) is 6.05. The molecule has 1 heterocycles. The normalized spacial score (nSPS) is 10.0. The molecule has 0 saturated heterocycles. The smallest absolute Gasteiger partial charge is 0.128 e. The Morgan fingerprint density at radius 2 is 2.18 bits per heavy atom. The third kappa shape index (κ3) is 2.16. The van der Waals surface area contributed by atoms with Crippen LogP contribution in [0.3, 0.4) is 0 Å². The van der Waals surface area contributed by atoms with E-state index in [9.17, 15) is 4.39 Å². The van der Waals surface area contributed by atoms with Gasteiger partial charge in [-0.05, 0) is 12.6 Å². The first-order valence-electron chi connectivity index (χ1n) is 3.34. The molecule has 4 N–H and O–H groups in total. The predicted molar refractivity (Wildman–Crippen MR) is 41.4 cm³/mol. The van der Waals surface area contributed by atoms with Crippen molar-refractivity contribution >= 4 is 5.82 Å². The molecule has 0 amide bonds. The monoisotopic (exact) mass is 155 g/mol. The standard InChI is InChI=1S/C7H10FN3/c8-5-3-6(1-2-9)11-7(10)4-5/h3-4H,1-2,9H2,(H2,10,11). The molecule has 60 valence electrons. The Morgan fingerprint density at radius 1 is 1.45 bits per heavy atom. The molecule has 0 radical (unpaired) electrons. The maximum absolute atomic E-state index is 12.6. The van der Waals surface area contributed by atoms with Gasteiger partial charge in [0.15, 0.2) is 0 Å². The summed E-state index contributed by atoms with van der Waals surface area (Å²) in [5.41, 5.74) is 11.2. The highest BCUT2D eigenvalue weighted by atomic mass is 19.1. The number of nitrogen functional groups attached to an aromatic ring is 1. The topological polar surface area (TPSA) is 64.9 Å². The van der Waals surface area contributed by atoms with E-state index in [1.807, 2.05) is 0 Å². The lowest BCUT2D eigenvalue weighted by Crippen LogP contribution is -2.06. The van der Waals surface area contributed by atoms with E-state index in [4.69, 9.17) is 11.5 Å². The number of halogens is 1. The van der Waals surface area contributed by atoms with Crippen molar-refractivity contribution in [1.29, 1.82) is 0 Å². The first-order valence-corrected chi connectivity index (χ1v) is 3.34. The summed E-state index contributed by atoms with van der Waals surface area (Å²) < 4.78 is 12.6. The van der Waals surface area contributed by atoms with Crippen LogP contribution in [0.1, 0.15) is 5.69 Å². The molecule has 1 aromatic rings. The van der Waals surface area contributed by atoms with E-state index in [0.29, 0.717) is 18.7 Å². The molecule has 1 rings (SSSR count). The van der Waals surface area contributed by atoms with Crippen molar-refractivity contribution in [3.05, 3.63) is 23.6 Å². The average molecular weight is 155 g/mol. The van der Waals surface area contributed by atoms with E-state index in [1.54, 1.807) is 0 Å². The van der Waals surface area contributed by atoms with Crippen molar-refractivity contribution in [2.24, 2.45) is 5.73 Å². The van der Waals surface area contributed by atoms with Gasteiger partial charge in [0.2, 0.25) is 0 Å². The number of rotatable bonds is 2. The Labute approximate surface area is 64.2 Å². The summed E-state index contributed by atoms with van der Waals surface area (Å²) in [6.45, 7) is 0.454. The zero-order valence-corrected chi connectivity index (χ0v) is 6.05. The number of aromatic nitrogens is 1. The Bertz CT molecular complexity index is 229. The number of nitrogens with two attached hydrogens (primary N) is 2. The van der Waals surface area contributed by atoms with Crippen LogP contribution in [0, 0.1) is 5.82 Å². The summed E-state index contributed by atoms with van der Waals surface area (Å²) in [5, 5.41) is 0. The van der Waals surface area contributed by atoms with Crippen LogP contribution >= 0.6 is 0 Å². The fourth-order valence-corrected chi connectivity index (χ4v) is 0.848. The minimum absolute atomic E-state index is 0.202. The van der Waals surface area contributed by atoms with Crippen LogP contribution in [0.4, 0.5) is 10.2 Å². The van der Waals surface area contributed by atoms with E-state index in [0.717, 1.165) is 0 Å². The van der Waals surface area contributed by atoms with Gasteiger partial charge in [0.25, 0.3) is 0 Å². The molecular formula is C7H10FN3. The van der Waals surface area contributed by atoms with E-state index in [2.05, 4.69) is 4.98 Å². The van der Waals surface area contributed by atoms with E-state index < -0.39 is 0 Å². The molecule has 3 nitrogen and oxygen atoms in total. The summed E-state index contributed by atoms with van der Waals surface area (Å²) in [4.78, 5) is 3.88. The molecule has 0 fully saturated rings. The molecule has 0 aliphatic heterocycles. The second-order valence-electron chi connectivity index (χ2n) is 2.24. The van der Waals surface area contributed by atoms with Gasteiger partial charge in [-0.25, -0.2) is 9.37 Å². The zero-order chi connectivity index (χ0) is 8.27. The fourth-order valence-electron chi connectivity index (χ4n) is 0.848. The van der Waals surface area contributed by atoms with Crippen molar-refractivity contribution in [2.75, 3.05) is 12.3 Å². The van der Waals surface area contributed by atoms with E-state index >= 15 is 0 Å². The minimum atomic E-state index is -0.360. The lowest BCUT2D eigenvalue weighted by atomic mass is 10.2. The second kappa shape index (κ2) is 3.30. The van der Waals surface area contributed by atoms with Gasteiger partial charge in [-0.3, -0.25) is 0 Å². The minimum Gasteiger partial charge on any atom is -0.384 e. The molecule has 0 atom stereocenters. The van der Waals surface area contributed by atoms with Gasteiger partial charge < -0.3 is 11.5 Å². The van der Waals surface area contributed by atoms with Gasteiger partial charge in [0.1, 0.15) is 11.6 Å². The highest BCUT2D eigenvalue weighted by Gasteiger charge is 1.98. The molecule has 0 saturated carbocycles. The Balaban J connectivity index is 2.89. The van der Waals surface area contributed by atoms with Crippen LogP contribution in [-0.4, -0.2) is 11.5 Å². The fraction of sp³-hybridized carbons (Fsp3) is 0.286. The number of hydrogen-bond acceptors (Lipinski definition) is 3. The summed E-state index contributed by atoms with van der Waals surface area (Å²) in [6.07, 6.45) is 0.558. The van der Waals surface area contributed by atoms with Crippen LogP contribution < -0.4 is 11.5 Å².